The zero-order chi connectivity index (χ0) is 12.9. The fourth-order valence-electron chi connectivity index (χ4n) is 3.12. The predicted molar refractivity (Wildman–Crippen MR) is 74.0 cm³/mol. The number of hydrogen-bond donors (Lipinski definition) is 1. The number of nitrogens with zero attached hydrogens (tertiary/aromatic N) is 2. The van der Waals surface area contributed by atoms with E-state index in [9.17, 15) is 0 Å². The van der Waals surface area contributed by atoms with Gasteiger partial charge in [0.2, 0.25) is 5.89 Å². The third-order valence-corrected chi connectivity index (χ3v) is 4.55. The molecule has 1 aromatic rings. The van der Waals surface area contributed by atoms with Gasteiger partial charge in [0.1, 0.15) is 0 Å². The second-order valence-corrected chi connectivity index (χ2v) is 6.04. The minimum absolute atomic E-state index is 0.320. The van der Waals surface area contributed by atoms with Crippen molar-refractivity contribution in [3.8, 4) is 0 Å². The van der Waals surface area contributed by atoms with E-state index in [0.29, 0.717) is 12.0 Å². The van der Waals surface area contributed by atoms with E-state index in [-0.39, 0.29) is 0 Å². The smallest absolute Gasteiger partial charge is 0.243 e. The van der Waals surface area contributed by atoms with E-state index in [0.717, 1.165) is 24.7 Å². The fourth-order valence-corrected chi connectivity index (χ4v) is 3.12. The summed E-state index contributed by atoms with van der Waals surface area (Å²) in [7, 11) is 0. The summed E-state index contributed by atoms with van der Waals surface area (Å²) in [4.78, 5) is 4.64. The minimum atomic E-state index is 0.320. The first-order chi connectivity index (χ1) is 9.43. The summed E-state index contributed by atoms with van der Waals surface area (Å²) in [5.74, 6) is 2.29. The van der Waals surface area contributed by atoms with Crippen molar-refractivity contribution in [1.82, 2.24) is 15.5 Å². The zero-order valence-electron chi connectivity index (χ0n) is 11.7. The summed E-state index contributed by atoms with van der Waals surface area (Å²) in [6, 6.07) is 0.320. The van der Waals surface area contributed by atoms with E-state index in [4.69, 9.17) is 4.52 Å². The van der Waals surface area contributed by atoms with Crippen LogP contribution in [-0.4, -0.2) is 16.7 Å². The van der Waals surface area contributed by atoms with Crippen molar-refractivity contribution in [3.63, 3.8) is 0 Å². The molecule has 1 unspecified atom stereocenters. The average Bonchev–Trinajstić information content (AvgIpc) is 2.83. The molecular formula is C15H25N3O. The maximum absolute atomic E-state index is 5.43. The third kappa shape index (κ3) is 3.35. The molecule has 0 spiro atoms. The lowest BCUT2D eigenvalue weighted by Crippen LogP contribution is -2.35. The predicted octanol–water partition coefficient (Wildman–Crippen LogP) is 3.71. The molecule has 3 rings (SSSR count). The lowest BCUT2D eigenvalue weighted by Gasteiger charge is -2.23. The van der Waals surface area contributed by atoms with Gasteiger partial charge in [-0.1, -0.05) is 50.1 Å². The molecule has 0 aromatic carbocycles. The van der Waals surface area contributed by atoms with Crippen LogP contribution in [0.25, 0.3) is 0 Å². The Labute approximate surface area is 115 Å². The van der Waals surface area contributed by atoms with E-state index in [1.54, 1.807) is 0 Å². The molecule has 2 fully saturated rings. The van der Waals surface area contributed by atoms with Gasteiger partial charge in [-0.2, -0.15) is 4.98 Å². The molecule has 4 heteroatoms. The normalized spacial score (nSPS) is 26.8. The van der Waals surface area contributed by atoms with E-state index in [2.05, 4.69) is 15.5 Å². The van der Waals surface area contributed by atoms with Crippen molar-refractivity contribution in [2.24, 2.45) is 0 Å². The molecule has 106 valence electrons. The van der Waals surface area contributed by atoms with E-state index in [1.807, 2.05) is 0 Å². The van der Waals surface area contributed by atoms with Crippen molar-refractivity contribution in [2.45, 2.75) is 76.2 Å². The van der Waals surface area contributed by atoms with Gasteiger partial charge in [0, 0.05) is 5.92 Å². The van der Waals surface area contributed by atoms with Crippen molar-refractivity contribution in [3.05, 3.63) is 11.7 Å². The van der Waals surface area contributed by atoms with Crippen LogP contribution in [0.15, 0.2) is 4.52 Å². The first-order valence-corrected chi connectivity index (χ1v) is 8.00. The highest BCUT2D eigenvalue weighted by Crippen LogP contribution is 2.30. The highest BCUT2D eigenvalue weighted by molar-refractivity contribution is 5.01. The molecule has 0 bridgehead atoms. The molecule has 1 aromatic heterocycles. The molecular weight excluding hydrogens is 238 g/mol. The Bertz CT molecular complexity index is 376. The molecule has 2 aliphatic rings. The molecule has 1 aliphatic heterocycles. The van der Waals surface area contributed by atoms with Gasteiger partial charge in [-0.3, -0.25) is 0 Å². The number of nitrogens with one attached hydrogen (secondary N) is 1. The Hall–Kier alpha value is -0.900. The van der Waals surface area contributed by atoms with Crippen LogP contribution in [0.4, 0.5) is 0 Å². The lowest BCUT2D eigenvalue weighted by atomic mass is 9.92. The summed E-state index contributed by atoms with van der Waals surface area (Å²) >= 11 is 0. The SMILES string of the molecule is C1CCCCC(c2noc(C3CCN3)n2)CCCC1. The molecule has 1 N–H and O–H groups in total. The monoisotopic (exact) mass is 263 g/mol. The maximum atomic E-state index is 5.43. The van der Waals surface area contributed by atoms with Gasteiger partial charge in [-0.05, 0) is 25.8 Å². The maximum Gasteiger partial charge on any atom is 0.243 e. The molecule has 0 amide bonds. The quantitative estimate of drug-likeness (QED) is 0.883. The molecule has 1 atom stereocenters. The fraction of sp³-hybridized carbons (Fsp3) is 0.867. The van der Waals surface area contributed by atoms with E-state index in [1.165, 1.54) is 57.8 Å². The molecule has 19 heavy (non-hydrogen) atoms. The van der Waals surface area contributed by atoms with Crippen LogP contribution < -0.4 is 5.32 Å². The van der Waals surface area contributed by atoms with Crippen LogP contribution in [0.5, 0.6) is 0 Å². The average molecular weight is 263 g/mol. The van der Waals surface area contributed by atoms with Crippen LogP contribution >= 0.6 is 0 Å². The van der Waals surface area contributed by atoms with Crippen molar-refractivity contribution in [2.75, 3.05) is 6.54 Å². The Morgan fingerprint density at radius 1 is 0.895 bits per heavy atom. The molecule has 2 heterocycles. The Balaban J connectivity index is 1.61. The second kappa shape index (κ2) is 6.51. The molecule has 1 saturated carbocycles. The van der Waals surface area contributed by atoms with Crippen molar-refractivity contribution >= 4 is 0 Å². The highest BCUT2D eigenvalue weighted by Gasteiger charge is 2.26. The van der Waals surface area contributed by atoms with Gasteiger partial charge in [0.05, 0.1) is 6.04 Å². The van der Waals surface area contributed by atoms with Crippen LogP contribution in [0.3, 0.4) is 0 Å². The zero-order valence-corrected chi connectivity index (χ0v) is 11.7. The highest BCUT2D eigenvalue weighted by atomic mass is 16.5. The minimum Gasteiger partial charge on any atom is -0.338 e. The van der Waals surface area contributed by atoms with E-state index < -0.39 is 0 Å². The van der Waals surface area contributed by atoms with Gasteiger partial charge >= 0.3 is 0 Å². The third-order valence-electron chi connectivity index (χ3n) is 4.55. The second-order valence-electron chi connectivity index (χ2n) is 6.04. The first kappa shape index (κ1) is 13.1. The molecule has 0 radical (unpaired) electrons. The van der Waals surface area contributed by atoms with Crippen LogP contribution in [-0.2, 0) is 0 Å². The number of hydrogen-bond acceptors (Lipinski definition) is 4. The Kier molecular flexibility index (Phi) is 4.49. The molecule has 1 saturated heterocycles. The summed E-state index contributed by atoms with van der Waals surface area (Å²) in [5.41, 5.74) is 0. The van der Waals surface area contributed by atoms with Crippen molar-refractivity contribution < 1.29 is 4.52 Å². The van der Waals surface area contributed by atoms with Crippen LogP contribution in [0.1, 0.15) is 87.9 Å². The molecule has 1 aliphatic carbocycles. The van der Waals surface area contributed by atoms with Gasteiger partial charge in [-0.15, -0.1) is 0 Å². The summed E-state index contributed by atoms with van der Waals surface area (Å²) in [6.45, 7) is 1.08. The lowest BCUT2D eigenvalue weighted by molar-refractivity contribution is 0.271. The summed E-state index contributed by atoms with van der Waals surface area (Å²) in [6.07, 6.45) is 13.2. The largest absolute Gasteiger partial charge is 0.338 e. The van der Waals surface area contributed by atoms with Gasteiger partial charge in [0.25, 0.3) is 0 Å². The number of aromatic nitrogens is 2. The first-order valence-electron chi connectivity index (χ1n) is 8.00. The Morgan fingerprint density at radius 3 is 2.11 bits per heavy atom. The van der Waals surface area contributed by atoms with Gasteiger partial charge in [0.15, 0.2) is 5.82 Å². The summed E-state index contributed by atoms with van der Waals surface area (Å²) < 4.78 is 5.43. The topological polar surface area (TPSA) is 51.0 Å². The standard InChI is InChI=1S/C15H25N3O/c1-2-4-6-8-12(9-7-5-3-1)14-17-15(19-18-14)13-10-11-16-13/h12-13,16H,1-11H2. The van der Waals surface area contributed by atoms with Crippen molar-refractivity contribution in [1.29, 1.82) is 0 Å². The van der Waals surface area contributed by atoms with Gasteiger partial charge < -0.3 is 9.84 Å². The van der Waals surface area contributed by atoms with Crippen LogP contribution in [0, 0.1) is 0 Å². The van der Waals surface area contributed by atoms with Crippen LogP contribution in [0.2, 0.25) is 0 Å². The summed E-state index contributed by atoms with van der Waals surface area (Å²) in [5, 5.41) is 7.57. The Morgan fingerprint density at radius 2 is 1.53 bits per heavy atom. The molecule has 4 nitrogen and oxygen atoms in total. The van der Waals surface area contributed by atoms with Gasteiger partial charge in [-0.25, -0.2) is 0 Å². The van der Waals surface area contributed by atoms with E-state index >= 15 is 0 Å². The number of rotatable bonds is 2.